The Labute approximate surface area is 171 Å². The van der Waals surface area contributed by atoms with E-state index in [9.17, 15) is 14.7 Å². The van der Waals surface area contributed by atoms with Gasteiger partial charge < -0.3 is 5.11 Å². The second-order valence-corrected chi connectivity index (χ2v) is 7.47. The third-order valence-corrected chi connectivity index (χ3v) is 5.42. The Morgan fingerprint density at radius 2 is 1.76 bits per heavy atom. The van der Waals surface area contributed by atoms with Crippen LogP contribution in [0.4, 0.5) is 0 Å². The lowest BCUT2D eigenvalue weighted by Gasteiger charge is -2.13. The first kappa shape index (κ1) is 20.6. The Hall–Kier alpha value is -3.08. The van der Waals surface area contributed by atoms with Crippen molar-refractivity contribution in [2.24, 2.45) is 0 Å². The summed E-state index contributed by atoms with van der Waals surface area (Å²) >= 11 is 0. The minimum atomic E-state index is -0.938. The summed E-state index contributed by atoms with van der Waals surface area (Å²) in [5.41, 5.74) is 3.94. The van der Waals surface area contributed by atoms with E-state index in [4.69, 9.17) is 0 Å². The van der Waals surface area contributed by atoms with Gasteiger partial charge in [0.05, 0.1) is 12.1 Å². The van der Waals surface area contributed by atoms with Gasteiger partial charge in [-0.1, -0.05) is 63.2 Å². The van der Waals surface area contributed by atoms with Crippen LogP contribution in [0.3, 0.4) is 0 Å². The molecule has 5 heteroatoms. The quantitative estimate of drug-likeness (QED) is 0.587. The first-order chi connectivity index (χ1) is 14.0. The molecule has 0 saturated carbocycles. The Balaban J connectivity index is 1.93. The van der Waals surface area contributed by atoms with E-state index < -0.39 is 5.97 Å². The van der Waals surface area contributed by atoms with Crippen LogP contribution in [0.15, 0.2) is 59.5 Å². The number of nitrogens with zero attached hydrogens (tertiary/aromatic N) is 2. The number of carbonyl (C=O) groups is 1. The number of imidazole rings is 1. The Morgan fingerprint density at radius 3 is 2.38 bits per heavy atom. The van der Waals surface area contributed by atoms with Crippen LogP contribution in [0.2, 0.25) is 0 Å². The van der Waals surface area contributed by atoms with Crippen LogP contribution in [-0.4, -0.2) is 20.2 Å². The molecule has 29 heavy (non-hydrogen) atoms. The monoisotopic (exact) mass is 392 g/mol. The fourth-order valence-electron chi connectivity index (χ4n) is 3.61. The number of hydrogen-bond acceptors (Lipinski definition) is 2. The lowest BCUT2D eigenvalue weighted by atomic mass is 9.98. The summed E-state index contributed by atoms with van der Waals surface area (Å²) in [6, 6.07) is 14.8. The number of carboxylic acids is 1. The molecule has 1 N–H and O–H groups in total. The summed E-state index contributed by atoms with van der Waals surface area (Å²) in [5.74, 6) is -0.630. The standard InChI is InChI=1S/C24H28N2O3/c1-4-14-25-16-22(17(3)5-2)26(24(25)29)15-18-10-12-19(13-11-18)20-8-6-7-9-21(20)23(27)28/h6-13,16-17H,4-5,14-15H2,1-3H3,(H,27,28). The third kappa shape index (κ3) is 4.34. The SMILES string of the molecule is CCCn1cc(C(C)CC)n(Cc2ccc(-c3ccccc3C(=O)O)cc2)c1=O. The fraction of sp³-hybridized carbons (Fsp3) is 0.333. The van der Waals surface area contributed by atoms with Crippen molar-refractivity contribution < 1.29 is 9.90 Å². The molecule has 0 aliphatic carbocycles. The van der Waals surface area contributed by atoms with Crippen LogP contribution in [0.1, 0.15) is 61.1 Å². The van der Waals surface area contributed by atoms with E-state index in [2.05, 4.69) is 20.8 Å². The van der Waals surface area contributed by atoms with E-state index >= 15 is 0 Å². The summed E-state index contributed by atoms with van der Waals surface area (Å²) in [6.45, 7) is 7.58. The molecule has 0 spiro atoms. The predicted molar refractivity (Wildman–Crippen MR) is 116 cm³/mol. The van der Waals surface area contributed by atoms with Gasteiger partial charge in [-0.3, -0.25) is 9.13 Å². The molecule has 0 aliphatic rings. The van der Waals surface area contributed by atoms with Crippen LogP contribution in [0.25, 0.3) is 11.1 Å². The summed E-state index contributed by atoms with van der Waals surface area (Å²) in [7, 11) is 0. The molecule has 1 unspecified atom stereocenters. The summed E-state index contributed by atoms with van der Waals surface area (Å²) < 4.78 is 3.67. The largest absolute Gasteiger partial charge is 0.478 e. The minimum absolute atomic E-state index is 0.0300. The van der Waals surface area contributed by atoms with Crippen molar-refractivity contribution in [3.05, 3.63) is 82.0 Å². The van der Waals surface area contributed by atoms with Gasteiger partial charge in [0, 0.05) is 18.4 Å². The van der Waals surface area contributed by atoms with Crippen LogP contribution in [0, 0.1) is 0 Å². The molecule has 1 atom stereocenters. The number of hydrogen-bond donors (Lipinski definition) is 1. The molecule has 152 valence electrons. The van der Waals surface area contributed by atoms with Crippen LogP contribution in [-0.2, 0) is 13.1 Å². The van der Waals surface area contributed by atoms with Gasteiger partial charge in [-0.15, -0.1) is 0 Å². The molecule has 0 bridgehead atoms. The molecule has 0 amide bonds. The smallest absolute Gasteiger partial charge is 0.336 e. The lowest BCUT2D eigenvalue weighted by molar-refractivity contribution is 0.0697. The second kappa shape index (κ2) is 8.95. The van der Waals surface area contributed by atoms with Gasteiger partial charge in [0.15, 0.2) is 0 Å². The topological polar surface area (TPSA) is 64.2 Å². The number of aromatic carboxylic acids is 1. The second-order valence-electron chi connectivity index (χ2n) is 7.47. The zero-order chi connectivity index (χ0) is 21.0. The molecule has 0 radical (unpaired) electrons. The number of benzene rings is 2. The van der Waals surface area contributed by atoms with Crippen molar-refractivity contribution in [1.29, 1.82) is 0 Å². The highest BCUT2D eigenvalue weighted by molar-refractivity contribution is 5.95. The van der Waals surface area contributed by atoms with E-state index in [0.29, 0.717) is 18.0 Å². The molecule has 3 aromatic rings. The van der Waals surface area contributed by atoms with E-state index in [1.807, 2.05) is 47.2 Å². The van der Waals surface area contributed by atoms with Gasteiger partial charge in [0.2, 0.25) is 0 Å². The normalized spacial score (nSPS) is 12.1. The molecule has 2 aromatic carbocycles. The highest BCUT2D eigenvalue weighted by Gasteiger charge is 2.16. The third-order valence-electron chi connectivity index (χ3n) is 5.42. The zero-order valence-corrected chi connectivity index (χ0v) is 17.3. The Morgan fingerprint density at radius 1 is 1.07 bits per heavy atom. The zero-order valence-electron chi connectivity index (χ0n) is 17.3. The Bertz CT molecular complexity index is 1040. The average molecular weight is 392 g/mol. The van der Waals surface area contributed by atoms with Crippen LogP contribution >= 0.6 is 0 Å². The van der Waals surface area contributed by atoms with Gasteiger partial charge in [0.1, 0.15) is 0 Å². The van der Waals surface area contributed by atoms with Crippen molar-refractivity contribution in [2.75, 3.05) is 0 Å². The molecule has 0 saturated heterocycles. The highest BCUT2D eigenvalue weighted by atomic mass is 16.4. The highest BCUT2D eigenvalue weighted by Crippen LogP contribution is 2.25. The first-order valence-electron chi connectivity index (χ1n) is 10.2. The van der Waals surface area contributed by atoms with E-state index in [1.54, 1.807) is 16.7 Å². The van der Waals surface area contributed by atoms with Crippen LogP contribution in [0.5, 0.6) is 0 Å². The maximum Gasteiger partial charge on any atom is 0.336 e. The molecule has 1 heterocycles. The number of aromatic nitrogens is 2. The summed E-state index contributed by atoms with van der Waals surface area (Å²) in [5, 5.41) is 9.42. The van der Waals surface area contributed by atoms with Crippen molar-refractivity contribution in [2.45, 2.75) is 52.6 Å². The van der Waals surface area contributed by atoms with E-state index in [0.717, 1.165) is 36.2 Å². The Kier molecular flexibility index (Phi) is 6.37. The number of carboxylic acid groups (broad SMARTS) is 1. The van der Waals surface area contributed by atoms with Gasteiger partial charge in [-0.2, -0.15) is 0 Å². The molecule has 1 aromatic heterocycles. The van der Waals surface area contributed by atoms with Crippen molar-refractivity contribution in [3.63, 3.8) is 0 Å². The van der Waals surface area contributed by atoms with Crippen molar-refractivity contribution >= 4 is 5.97 Å². The minimum Gasteiger partial charge on any atom is -0.478 e. The van der Waals surface area contributed by atoms with Gasteiger partial charge in [0.25, 0.3) is 0 Å². The van der Waals surface area contributed by atoms with E-state index in [1.165, 1.54) is 0 Å². The molecule has 0 aliphatic heterocycles. The van der Waals surface area contributed by atoms with E-state index in [-0.39, 0.29) is 11.3 Å². The number of rotatable bonds is 8. The molecule has 5 nitrogen and oxygen atoms in total. The van der Waals surface area contributed by atoms with Crippen molar-refractivity contribution in [3.8, 4) is 11.1 Å². The lowest BCUT2D eigenvalue weighted by Crippen LogP contribution is -2.25. The maximum absolute atomic E-state index is 12.9. The molecule has 3 rings (SSSR count). The van der Waals surface area contributed by atoms with Gasteiger partial charge in [-0.05, 0) is 41.5 Å². The van der Waals surface area contributed by atoms with Gasteiger partial charge >= 0.3 is 11.7 Å². The predicted octanol–water partition coefficient (Wildman–Crippen LogP) is 4.99. The summed E-state index contributed by atoms with van der Waals surface area (Å²) in [6.07, 6.45) is 3.89. The van der Waals surface area contributed by atoms with Crippen molar-refractivity contribution in [1.82, 2.24) is 9.13 Å². The molecular formula is C24H28N2O3. The average Bonchev–Trinajstić information content (AvgIpc) is 3.04. The number of aryl methyl sites for hydroxylation is 1. The molecule has 0 fully saturated rings. The maximum atomic E-state index is 12.9. The van der Waals surface area contributed by atoms with Crippen LogP contribution < -0.4 is 5.69 Å². The summed E-state index contributed by atoms with van der Waals surface area (Å²) in [4.78, 5) is 24.4. The first-order valence-corrected chi connectivity index (χ1v) is 10.2. The fourth-order valence-corrected chi connectivity index (χ4v) is 3.61. The molecular weight excluding hydrogens is 364 g/mol. The van der Waals surface area contributed by atoms with Gasteiger partial charge in [-0.25, -0.2) is 9.59 Å².